The second-order valence-electron chi connectivity index (χ2n) is 3.57. The van der Waals surface area contributed by atoms with Crippen LogP contribution in [0.1, 0.15) is 19.3 Å². The number of rotatable bonds is 0. The summed E-state index contributed by atoms with van der Waals surface area (Å²) in [4.78, 5) is 2.45. The van der Waals surface area contributed by atoms with Crippen molar-refractivity contribution in [1.29, 1.82) is 0 Å². The minimum atomic E-state index is 0.716. The molecule has 10 heavy (non-hydrogen) atoms. The second-order valence-corrected chi connectivity index (χ2v) is 3.57. The van der Waals surface area contributed by atoms with E-state index in [9.17, 15) is 0 Å². The van der Waals surface area contributed by atoms with Gasteiger partial charge in [0.15, 0.2) is 0 Å². The first-order valence-electron chi connectivity index (χ1n) is 4.31. The van der Waals surface area contributed by atoms with E-state index in [1.54, 1.807) is 0 Å². The zero-order valence-electron chi connectivity index (χ0n) is 6.64. The third-order valence-electron chi connectivity index (χ3n) is 2.88. The summed E-state index contributed by atoms with van der Waals surface area (Å²) in [6.07, 6.45) is 4.96. The molecule has 2 fully saturated rings. The summed E-state index contributed by atoms with van der Waals surface area (Å²) in [6, 6.07) is 0. The molecule has 0 aromatic carbocycles. The molecule has 2 aliphatic heterocycles. The Morgan fingerprint density at radius 3 is 3.10 bits per heavy atom. The Morgan fingerprint density at radius 2 is 2.30 bits per heavy atom. The van der Waals surface area contributed by atoms with Crippen molar-refractivity contribution in [3.63, 3.8) is 0 Å². The molecule has 2 aliphatic rings. The van der Waals surface area contributed by atoms with Gasteiger partial charge in [-0.2, -0.15) is 0 Å². The van der Waals surface area contributed by atoms with Crippen LogP contribution in [0, 0.1) is 5.92 Å². The van der Waals surface area contributed by atoms with E-state index < -0.39 is 0 Å². The lowest BCUT2D eigenvalue weighted by Gasteiger charge is -2.30. The maximum atomic E-state index is 3.56. The first-order valence-corrected chi connectivity index (χ1v) is 4.31. The minimum Gasteiger partial charge on any atom is -0.302 e. The van der Waals surface area contributed by atoms with Crippen LogP contribution < -0.4 is 5.32 Å². The molecule has 0 aromatic rings. The summed E-state index contributed by atoms with van der Waals surface area (Å²) in [7, 11) is 2.23. The average Bonchev–Trinajstić information content (AvgIpc) is 2.34. The van der Waals surface area contributed by atoms with Gasteiger partial charge in [-0.1, -0.05) is 0 Å². The van der Waals surface area contributed by atoms with E-state index in [0.717, 1.165) is 5.92 Å². The number of hydrogen-bond acceptors (Lipinski definition) is 2. The summed E-state index contributed by atoms with van der Waals surface area (Å²) in [5.74, 6) is 0.957. The Balaban J connectivity index is 2.01. The lowest BCUT2D eigenvalue weighted by molar-refractivity contribution is 0.190. The summed E-state index contributed by atoms with van der Waals surface area (Å²) in [6.45, 7) is 2.52. The van der Waals surface area contributed by atoms with Crippen LogP contribution in [0.3, 0.4) is 0 Å². The van der Waals surface area contributed by atoms with Crippen LogP contribution in [0.15, 0.2) is 0 Å². The highest BCUT2D eigenvalue weighted by atomic mass is 15.3. The molecule has 0 amide bonds. The van der Waals surface area contributed by atoms with E-state index in [1.165, 1.54) is 32.4 Å². The van der Waals surface area contributed by atoms with E-state index in [1.807, 2.05) is 0 Å². The van der Waals surface area contributed by atoms with Crippen LogP contribution in [0.4, 0.5) is 0 Å². The van der Waals surface area contributed by atoms with Crippen LogP contribution in [0.5, 0.6) is 0 Å². The van der Waals surface area contributed by atoms with Crippen LogP contribution in [0.2, 0.25) is 0 Å². The molecule has 58 valence electrons. The summed E-state index contributed by atoms with van der Waals surface area (Å²) in [5, 5.41) is 3.56. The average molecular weight is 140 g/mol. The third kappa shape index (κ3) is 0.956. The zero-order valence-corrected chi connectivity index (χ0v) is 6.64. The molecular weight excluding hydrogens is 124 g/mol. The normalized spacial score (nSPS) is 41.7. The van der Waals surface area contributed by atoms with Crippen LogP contribution in [0.25, 0.3) is 0 Å². The van der Waals surface area contributed by atoms with Crippen molar-refractivity contribution < 1.29 is 0 Å². The van der Waals surface area contributed by atoms with E-state index >= 15 is 0 Å². The van der Waals surface area contributed by atoms with Gasteiger partial charge in [0.2, 0.25) is 0 Å². The SMILES string of the molecule is CN1CC[C@@H]2CCCN[C@H]21. The van der Waals surface area contributed by atoms with Crippen molar-refractivity contribution in [2.75, 3.05) is 20.1 Å². The number of nitrogens with one attached hydrogen (secondary N) is 1. The Morgan fingerprint density at radius 1 is 1.40 bits per heavy atom. The van der Waals surface area contributed by atoms with Gasteiger partial charge in [-0.05, 0) is 45.3 Å². The molecule has 0 aliphatic carbocycles. The molecule has 0 radical (unpaired) electrons. The van der Waals surface area contributed by atoms with E-state index in [-0.39, 0.29) is 0 Å². The van der Waals surface area contributed by atoms with Crippen molar-refractivity contribution in [2.45, 2.75) is 25.4 Å². The van der Waals surface area contributed by atoms with Gasteiger partial charge >= 0.3 is 0 Å². The number of nitrogens with zero attached hydrogens (tertiary/aromatic N) is 1. The van der Waals surface area contributed by atoms with Crippen LogP contribution in [-0.2, 0) is 0 Å². The molecular formula is C8H16N2. The number of fused-ring (bicyclic) bond motifs is 1. The fourth-order valence-corrected chi connectivity index (χ4v) is 2.27. The van der Waals surface area contributed by atoms with E-state index in [2.05, 4.69) is 17.3 Å². The van der Waals surface area contributed by atoms with Gasteiger partial charge in [0.25, 0.3) is 0 Å². The molecule has 2 heterocycles. The fourth-order valence-electron chi connectivity index (χ4n) is 2.27. The Kier molecular flexibility index (Phi) is 1.66. The van der Waals surface area contributed by atoms with Gasteiger partial charge in [-0.3, -0.25) is 4.90 Å². The molecule has 2 rings (SSSR count). The van der Waals surface area contributed by atoms with E-state index in [0.29, 0.717) is 6.17 Å². The molecule has 2 atom stereocenters. The van der Waals surface area contributed by atoms with Gasteiger partial charge in [-0.15, -0.1) is 0 Å². The largest absolute Gasteiger partial charge is 0.302 e. The first-order chi connectivity index (χ1) is 4.88. The predicted octanol–water partition coefficient (Wildman–Crippen LogP) is 0.648. The second kappa shape index (κ2) is 2.51. The molecule has 0 unspecified atom stereocenters. The molecule has 2 nitrogen and oxygen atoms in total. The molecule has 2 heteroatoms. The highest BCUT2D eigenvalue weighted by Crippen LogP contribution is 2.27. The van der Waals surface area contributed by atoms with Gasteiger partial charge in [0.05, 0.1) is 6.17 Å². The Labute approximate surface area is 62.6 Å². The highest BCUT2D eigenvalue weighted by Gasteiger charge is 2.32. The third-order valence-corrected chi connectivity index (χ3v) is 2.88. The summed E-state index contributed by atoms with van der Waals surface area (Å²) < 4.78 is 0. The topological polar surface area (TPSA) is 15.3 Å². The molecule has 0 bridgehead atoms. The molecule has 2 saturated heterocycles. The maximum absolute atomic E-state index is 3.56. The van der Waals surface area contributed by atoms with Gasteiger partial charge < -0.3 is 5.32 Å². The molecule has 0 saturated carbocycles. The quantitative estimate of drug-likeness (QED) is 0.531. The van der Waals surface area contributed by atoms with E-state index in [4.69, 9.17) is 0 Å². The van der Waals surface area contributed by atoms with Crippen LogP contribution >= 0.6 is 0 Å². The van der Waals surface area contributed by atoms with Gasteiger partial charge in [0, 0.05) is 0 Å². The van der Waals surface area contributed by atoms with Crippen molar-refractivity contribution in [2.24, 2.45) is 5.92 Å². The summed E-state index contributed by atoms with van der Waals surface area (Å²) >= 11 is 0. The summed E-state index contributed by atoms with van der Waals surface area (Å²) in [5.41, 5.74) is 0. The Bertz CT molecular complexity index is 122. The van der Waals surface area contributed by atoms with Crippen molar-refractivity contribution >= 4 is 0 Å². The molecule has 0 spiro atoms. The number of hydrogen-bond donors (Lipinski definition) is 1. The zero-order chi connectivity index (χ0) is 6.97. The van der Waals surface area contributed by atoms with Gasteiger partial charge in [-0.25, -0.2) is 0 Å². The van der Waals surface area contributed by atoms with Gasteiger partial charge in [0.1, 0.15) is 0 Å². The van der Waals surface area contributed by atoms with Crippen LogP contribution in [-0.4, -0.2) is 31.2 Å². The van der Waals surface area contributed by atoms with Crippen molar-refractivity contribution in [1.82, 2.24) is 10.2 Å². The fraction of sp³-hybridized carbons (Fsp3) is 1.00. The lowest BCUT2D eigenvalue weighted by atomic mass is 9.96. The minimum absolute atomic E-state index is 0.716. The molecule has 0 aromatic heterocycles. The first kappa shape index (κ1) is 6.62. The van der Waals surface area contributed by atoms with Crippen molar-refractivity contribution in [3.05, 3.63) is 0 Å². The lowest BCUT2D eigenvalue weighted by Crippen LogP contribution is -2.46. The number of likely N-dealkylation sites (tertiary alicyclic amines) is 1. The Hall–Kier alpha value is -0.0800. The smallest absolute Gasteiger partial charge is 0.0624 e. The monoisotopic (exact) mass is 140 g/mol. The van der Waals surface area contributed by atoms with Crippen molar-refractivity contribution in [3.8, 4) is 0 Å². The maximum Gasteiger partial charge on any atom is 0.0624 e. The predicted molar refractivity (Wildman–Crippen MR) is 41.8 cm³/mol. The highest BCUT2D eigenvalue weighted by molar-refractivity contribution is 4.86. The standard InChI is InChI=1S/C8H16N2/c1-10-6-4-7-3-2-5-9-8(7)10/h7-9H,2-6H2,1H3/t7-,8-/m0/s1. The number of piperidine rings is 1. The molecule has 1 N–H and O–H groups in total.